The van der Waals surface area contributed by atoms with Crippen LogP contribution in [-0.2, 0) is 14.3 Å². The maximum atomic E-state index is 13.3. The highest BCUT2D eigenvalue weighted by Crippen LogP contribution is 2.41. The number of hydrogen-bond acceptors (Lipinski definition) is 4. The zero-order valence-electron chi connectivity index (χ0n) is 16.1. The number of Topliss-reactive ketones (excluding diaryl/α,β-unsaturated/α-hetero) is 1. The van der Waals surface area contributed by atoms with Crippen LogP contribution in [0.4, 0.5) is 4.39 Å². The second-order valence-electron chi connectivity index (χ2n) is 7.45. The van der Waals surface area contributed by atoms with Crippen molar-refractivity contribution in [3.05, 3.63) is 76.6 Å². The number of hydrogen-bond donors (Lipinski definition) is 1. The molecule has 2 heterocycles. The zero-order chi connectivity index (χ0) is 20.5. The monoisotopic (exact) mass is 395 g/mol. The fourth-order valence-corrected chi connectivity index (χ4v) is 4.06. The Kier molecular flexibility index (Phi) is 5.20. The predicted molar refractivity (Wildman–Crippen MR) is 106 cm³/mol. The Hall–Kier alpha value is -2.99. The van der Waals surface area contributed by atoms with Crippen LogP contribution in [0.5, 0.6) is 0 Å². The number of carbonyl (C=O) groups is 2. The molecule has 150 valence electrons. The maximum Gasteiger partial charge on any atom is 0.295 e. The van der Waals surface area contributed by atoms with Gasteiger partial charge in [0, 0.05) is 18.7 Å². The van der Waals surface area contributed by atoms with Crippen molar-refractivity contribution < 1.29 is 23.8 Å². The number of aryl methyl sites for hydroxylation is 1. The molecule has 0 aromatic heterocycles. The number of likely N-dealkylation sites (tertiary alicyclic amines) is 1. The normalized spacial score (nSPS) is 23.7. The third-order valence-corrected chi connectivity index (χ3v) is 5.56. The molecule has 2 aromatic carbocycles. The molecular weight excluding hydrogens is 373 g/mol. The third-order valence-electron chi connectivity index (χ3n) is 5.56. The molecule has 0 saturated carbocycles. The molecule has 2 saturated heterocycles. The minimum absolute atomic E-state index is 0.0221. The number of nitrogens with zero attached hydrogens (tertiary/aromatic N) is 1. The largest absolute Gasteiger partial charge is 0.507 e. The molecule has 6 heteroatoms. The number of aliphatic hydroxyl groups excluding tert-OH is 1. The van der Waals surface area contributed by atoms with E-state index in [4.69, 9.17) is 4.74 Å². The zero-order valence-corrected chi connectivity index (χ0v) is 16.1. The first-order chi connectivity index (χ1) is 14.0. The fourth-order valence-electron chi connectivity index (χ4n) is 4.06. The van der Waals surface area contributed by atoms with Gasteiger partial charge in [0.2, 0.25) is 0 Å². The van der Waals surface area contributed by atoms with Crippen molar-refractivity contribution in [2.45, 2.75) is 31.9 Å². The number of benzene rings is 2. The van der Waals surface area contributed by atoms with Gasteiger partial charge in [-0.15, -0.1) is 0 Å². The molecule has 2 fully saturated rings. The Balaban J connectivity index is 1.84. The first kappa shape index (κ1) is 19.3. The maximum absolute atomic E-state index is 13.3. The first-order valence-electron chi connectivity index (χ1n) is 9.69. The van der Waals surface area contributed by atoms with Crippen LogP contribution in [0.2, 0.25) is 0 Å². The highest BCUT2D eigenvalue weighted by atomic mass is 19.1. The molecule has 2 unspecified atom stereocenters. The number of amides is 1. The van der Waals surface area contributed by atoms with Crippen molar-refractivity contribution in [3.63, 3.8) is 0 Å². The molecule has 2 aliphatic rings. The molecule has 1 N–H and O–H groups in total. The van der Waals surface area contributed by atoms with E-state index in [0.29, 0.717) is 12.2 Å². The van der Waals surface area contributed by atoms with E-state index in [1.165, 1.54) is 29.2 Å². The summed E-state index contributed by atoms with van der Waals surface area (Å²) in [6.07, 6.45) is 1.60. The highest BCUT2D eigenvalue weighted by Gasteiger charge is 2.47. The summed E-state index contributed by atoms with van der Waals surface area (Å²) in [7, 11) is 0. The van der Waals surface area contributed by atoms with Crippen molar-refractivity contribution >= 4 is 17.4 Å². The lowest BCUT2D eigenvalue weighted by Gasteiger charge is -2.28. The van der Waals surface area contributed by atoms with Crippen molar-refractivity contribution in [3.8, 4) is 0 Å². The van der Waals surface area contributed by atoms with Crippen LogP contribution < -0.4 is 0 Å². The summed E-state index contributed by atoms with van der Waals surface area (Å²) in [5.74, 6) is -2.14. The van der Waals surface area contributed by atoms with Crippen LogP contribution in [0.15, 0.2) is 54.1 Å². The van der Waals surface area contributed by atoms with Gasteiger partial charge in [0.05, 0.1) is 17.7 Å². The van der Waals surface area contributed by atoms with Gasteiger partial charge in [0.15, 0.2) is 0 Å². The van der Waals surface area contributed by atoms with E-state index in [1.54, 1.807) is 0 Å². The van der Waals surface area contributed by atoms with Gasteiger partial charge in [0.1, 0.15) is 11.6 Å². The summed E-state index contributed by atoms with van der Waals surface area (Å²) in [5, 5.41) is 10.9. The number of carbonyl (C=O) groups excluding carboxylic acids is 2. The molecule has 0 bridgehead atoms. The van der Waals surface area contributed by atoms with Gasteiger partial charge in [-0.05, 0) is 55.2 Å². The predicted octanol–water partition coefficient (Wildman–Crippen LogP) is 3.73. The summed E-state index contributed by atoms with van der Waals surface area (Å²) in [6.45, 7) is 2.82. The van der Waals surface area contributed by atoms with Gasteiger partial charge in [-0.3, -0.25) is 9.59 Å². The number of ketones is 1. The number of rotatable bonds is 4. The summed E-state index contributed by atoms with van der Waals surface area (Å²) in [5.41, 5.74) is 1.99. The highest BCUT2D eigenvalue weighted by molar-refractivity contribution is 6.46. The summed E-state index contributed by atoms with van der Waals surface area (Å²) >= 11 is 0. The topological polar surface area (TPSA) is 66.8 Å². The summed E-state index contributed by atoms with van der Waals surface area (Å²) < 4.78 is 19.0. The molecule has 1 amide bonds. The van der Waals surface area contributed by atoms with E-state index < -0.39 is 23.5 Å². The van der Waals surface area contributed by atoms with E-state index in [9.17, 15) is 19.1 Å². The van der Waals surface area contributed by atoms with Crippen LogP contribution >= 0.6 is 0 Å². The number of aliphatic hydroxyl groups is 1. The quantitative estimate of drug-likeness (QED) is 0.487. The lowest BCUT2D eigenvalue weighted by atomic mass is 9.92. The Morgan fingerprint density at radius 1 is 1.17 bits per heavy atom. The minimum Gasteiger partial charge on any atom is -0.507 e. The minimum atomic E-state index is -0.738. The molecule has 0 aliphatic carbocycles. The Labute approximate surface area is 168 Å². The van der Waals surface area contributed by atoms with Crippen molar-refractivity contribution in [1.82, 2.24) is 4.90 Å². The van der Waals surface area contributed by atoms with Crippen molar-refractivity contribution in [2.24, 2.45) is 0 Å². The first-order valence-corrected chi connectivity index (χ1v) is 9.69. The molecule has 29 heavy (non-hydrogen) atoms. The van der Waals surface area contributed by atoms with Gasteiger partial charge in [-0.1, -0.05) is 24.3 Å². The lowest BCUT2D eigenvalue weighted by molar-refractivity contribution is -0.140. The summed E-state index contributed by atoms with van der Waals surface area (Å²) in [4.78, 5) is 27.3. The van der Waals surface area contributed by atoms with E-state index in [2.05, 4.69) is 0 Å². The van der Waals surface area contributed by atoms with Crippen LogP contribution in [0.3, 0.4) is 0 Å². The Bertz CT molecular complexity index is 977. The average Bonchev–Trinajstić information content (AvgIpc) is 3.31. The van der Waals surface area contributed by atoms with E-state index in [1.807, 2.05) is 31.2 Å². The van der Waals surface area contributed by atoms with Crippen LogP contribution in [0.25, 0.3) is 5.76 Å². The SMILES string of the molecule is Cc1ccccc1C1/C(=C(/O)c2ccc(F)cc2)C(=O)C(=O)N1CC1CCCO1. The smallest absolute Gasteiger partial charge is 0.295 e. The van der Waals surface area contributed by atoms with Crippen molar-refractivity contribution in [1.29, 1.82) is 0 Å². The average molecular weight is 395 g/mol. The second kappa shape index (κ2) is 7.79. The molecular formula is C23H22FNO4. The van der Waals surface area contributed by atoms with Gasteiger partial charge >= 0.3 is 0 Å². The Morgan fingerprint density at radius 2 is 1.90 bits per heavy atom. The molecule has 2 aromatic rings. The van der Waals surface area contributed by atoms with Crippen LogP contribution in [0, 0.1) is 12.7 Å². The standard InChI is InChI=1S/C23H22FNO4/c1-14-5-2-3-7-18(14)20-19(21(26)15-8-10-16(24)11-9-15)22(27)23(28)25(20)13-17-6-4-12-29-17/h2-3,5,7-11,17,20,26H,4,6,12-13H2,1H3/b21-19-. The van der Waals surface area contributed by atoms with Gasteiger partial charge in [-0.25, -0.2) is 4.39 Å². The second-order valence-corrected chi connectivity index (χ2v) is 7.45. The fraction of sp³-hybridized carbons (Fsp3) is 0.304. The molecule has 2 aliphatic heterocycles. The Morgan fingerprint density at radius 3 is 2.55 bits per heavy atom. The van der Waals surface area contributed by atoms with Crippen LogP contribution in [-0.4, -0.2) is 41.0 Å². The van der Waals surface area contributed by atoms with E-state index >= 15 is 0 Å². The van der Waals surface area contributed by atoms with Crippen molar-refractivity contribution in [2.75, 3.05) is 13.2 Å². The molecule has 0 spiro atoms. The molecule has 4 rings (SSSR count). The van der Waals surface area contributed by atoms with Gasteiger partial charge in [-0.2, -0.15) is 0 Å². The van der Waals surface area contributed by atoms with Crippen LogP contribution in [0.1, 0.15) is 35.6 Å². The third kappa shape index (κ3) is 3.56. The number of halogens is 1. The van der Waals surface area contributed by atoms with Gasteiger partial charge < -0.3 is 14.7 Å². The van der Waals surface area contributed by atoms with Gasteiger partial charge in [0.25, 0.3) is 11.7 Å². The molecule has 2 atom stereocenters. The van der Waals surface area contributed by atoms with E-state index in [0.717, 1.165) is 24.0 Å². The summed E-state index contributed by atoms with van der Waals surface area (Å²) in [6, 6.07) is 12.0. The van der Waals surface area contributed by atoms with E-state index in [-0.39, 0.29) is 24.0 Å². The number of ether oxygens (including phenoxy) is 1. The molecule has 5 nitrogen and oxygen atoms in total. The lowest BCUT2D eigenvalue weighted by Crippen LogP contribution is -2.36. The molecule has 0 radical (unpaired) electrons.